The van der Waals surface area contributed by atoms with Gasteiger partial charge in [-0.2, -0.15) is 0 Å². The summed E-state index contributed by atoms with van der Waals surface area (Å²) in [6.07, 6.45) is 5.39. The molecule has 4 nitrogen and oxygen atoms in total. The van der Waals surface area contributed by atoms with E-state index < -0.39 is 15.8 Å². The van der Waals surface area contributed by atoms with Gasteiger partial charge in [0.15, 0.2) is 9.84 Å². The minimum absolute atomic E-state index is 0.313. The lowest BCUT2D eigenvalue weighted by Gasteiger charge is -2.19. The molecule has 0 aliphatic heterocycles. The molecule has 86 valence electrons. The number of rotatable bonds is 3. The lowest BCUT2D eigenvalue weighted by molar-refractivity contribution is -0.134. The van der Waals surface area contributed by atoms with Gasteiger partial charge in [-0.15, -0.1) is 0 Å². The van der Waals surface area contributed by atoms with E-state index in [-0.39, 0.29) is 5.25 Å². The van der Waals surface area contributed by atoms with Crippen LogP contribution in [0, 0.1) is 0 Å². The van der Waals surface area contributed by atoms with E-state index in [1.165, 1.54) is 7.11 Å². The summed E-state index contributed by atoms with van der Waals surface area (Å²) in [7, 11) is -2.05. The van der Waals surface area contributed by atoms with E-state index in [1.54, 1.807) is 0 Å². The quantitative estimate of drug-likeness (QED) is 0.545. The Bertz CT molecular complexity index is 336. The Labute approximate surface area is 90.2 Å². The summed E-state index contributed by atoms with van der Waals surface area (Å²) in [5, 5.41) is 0.668. The molecule has 0 spiro atoms. The second-order valence-corrected chi connectivity index (χ2v) is 5.79. The first-order chi connectivity index (χ1) is 7.06. The van der Waals surface area contributed by atoms with Crippen LogP contribution in [-0.4, -0.2) is 26.7 Å². The fourth-order valence-electron chi connectivity index (χ4n) is 1.72. The first-order valence-electron chi connectivity index (χ1n) is 5.06. The summed E-state index contributed by atoms with van der Waals surface area (Å²) in [6.45, 7) is 0. The SMILES string of the molecule is COC(=O)/C=C/S(=O)(=O)C1CCCCC1. The molecule has 1 aliphatic carbocycles. The highest BCUT2D eigenvalue weighted by atomic mass is 32.2. The van der Waals surface area contributed by atoms with Gasteiger partial charge in [-0.1, -0.05) is 19.3 Å². The highest BCUT2D eigenvalue weighted by Gasteiger charge is 2.24. The van der Waals surface area contributed by atoms with Crippen LogP contribution in [0.3, 0.4) is 0 Å². The average Bonchev–Trinajstić information content (AvgIpc) is 2.27. The number of carbonyl (C=O) groups is 1. The van der Waals surface area contributed by atoms with E-state index in [4.69, 9.17) is 0 Å². The van der Waals surface area contributed by atoms with Gasteiger partial charge in [0.05, 0.1) is 12.4 Å². The molecular formula is C10H16O4S. The summed E-state index contributed by atoms with van der Waals surface area (Å²) in [4.78, 5) is 10.8. The van der Waals surface area contributed by atoms with Crippen molar-refractivity contribution in [1.82, 2.24) is 0 Å². The first kappa shape index (κ1) is 12.2. The molecule has 0 unspecified atom stereocenters. The fraction of sp³-hybridized carbons (Fsp3) is 0.700. The molecule has 0 amide bonds. The molecule has 1 rings (SSSR count). The maximum Gasteiger partial charge on any atom is 0.331 e. The molecule has 1 aliphatic rings. The molecule has 0 bridgehead atoms. The molecule has 1 saturated carbocycles. The van der Waals surface area contributed by atoms with Crippen molar-refractivity contribution in [3.8, 4) is 0 Å². The number of hydrogen-bond acceptors (Lipinski definition) is 4. The molecule has 1 fully saturated rings. The van der Waals surface area contributed by atoms with Crippen LogP contribution in [0.4, 0.5) is 0 Å². The van der Waals surface area contributed by atoms with E-state index in [0.29, 0.717) is 12.8 Å². The Morgan fingerprint density at radius 1 is 1.27 bits per heavy atom. The maximum atomic E-state index is 11.7. The van der Waals surface area contributed by atoms with E-state index in [9.17, 15) is 13.2 Å². The Morgan fingerprint density at radius 3 is 2.40 bits per heavy atom. The van der Waals surface area contributed by atoms with Crippen molar-refractivity contribution in [1.29, 1.82) is 0 Å². The number of esters is 1. The minimum atomic E-state index is -3.27. The van der Waals surface area contributed by atoms with Gasteiger partial charge in [-0.25, -0.2) is 13.2 Å². The van der Waals surface area contributed by atoms with Crippen LogP contribution in [0.15, 0.2) is 11.5 Å². The van der Waals surface area contributed by atoms with Crippen molar-refractivity contribution < 1.29 is 17.9 Å². The Kier molecular flexibility index (Phi) is 4.32. The molecule has 0 radical (unpaired) electrons. The summed E-state index contributed by atoms with van der Waals surface area (Å²) in [6, 6.07) is 0. The smallest absolute Gasteiger partial charge is 0.331 e. The number of ether oxygens (including phenoxy) is 1. The molecule has 0 heterocycles. The summed E-state index contributed by atoms with van der Waals surface area (Å²) in [5.74, 6) is -0.630. The largest absolute Gasteiger partial charge is 0.466 e. The molecule has 0 aromatic carbocycles. The van der Waals surface area contributed by atoms with Crippen molar-refractivity contribution in [3.05, 3.63) is 11.5 Å². The van der Waals surface area contributed by atoms with Gasteiger partial charge in [0.25, 0.3) is 0 Å². The zero-order valence-corrected chi connectivity index (χ0v) is 9.63. The van der Waals surface area contributed by atoms with Crippen LogP contribution in [0.25, 0.3) is 0 Å². The van der Waals surface area contributed by atoms with Gasteiger partial charge in [0.1, 0.15) is 0 Å². The lowest BCUT2D eigenvalue weighted by atomic mass is 10.0. The summed E-state index contributed by atoms with van der Waals surface area (Å²) < 4.78 is 27.8. The minimum Gasteiger partial charge on any atom is -0.466 e. The van der Waals surface area contributed by atoms with E-state index in [1.807, 2.05) is 0 Å². The molecule has 0 saturated heterocycles. The van der Waals surface area contributed by atoms with Crippen LogP contribution < -0.4 is 0 Å². The molecule has 0 aromatic rings. The lowest BCUT2D eigenvalue weighted by Crippen LogP contribution is -2.22. The molecule has 15 heavy (non-hydrogen) atoms. The van der Waals surface area contributed by atoms with Gasteiger partial charge in [0.2, 0.25) is 0 Å². The van der Waals surface area contributed by atoms with Crippen molar-refractivity contribution in [3.63, 3.8) is 0 Å². The van der Waals surface area contributed by atoms with Gasteiger partial charge in [-0.05, 0) is 12.8 Å². The van der Waals surface area contributed by atoms with Gasteiger partial charge in [0, 0.05) is 11.5 Å². The van der Waals surface area contributed by atoms with Gasteiger partial charge in [-0.3, -0.25) is 0 Å². The summed E-state index contributed by atoms with van der Waals surface area (Å²) in [5.41, 5.74) is 0. The topological polar surface area (TPSA) is 60.4 Å². The molecule has 0 aromatic heterocycles. The van der Waals surface area contributed by atoms with E-state index in [2.05, 4.69) is 4.74 Å². The van der Waals surface area contributed by atoms with Gasteiger partial charge < -0.3 is 4.74 Å². The number of hydrogen-bond donors (Lipinski definition) is 0. The third-order valence-electron chi connectivity index (χ3n) is 2.61. The third-order valence-corrected chi connectivity index (χ3v) is 4.53. The van der Waals surface area contributed by atoms with Gasteiger partial charge >= 0.3 is 5.97 Å². The Hall–Kier alpha value is -0.840. The fourth-order valence-corrected chi connectivity index (χ4v) is 3.24. The predicted octanol–water partition coefficient (Wildman–Crippen LogP) is 1.42. The van der Waals surface area contributed by atoms with Crippen LogP contribution in [0.5, 0.6) is 0 Å². The number of carbonyl (C=O) groups excluding carboxylic acids is 1. The predicted molar refractivity (Wildman–Crippen MR) is 56.9 cm³/mol. The maximum absolute atomic E-state index is 11.7. The number of sulfone groups is 1. The highest BCUT2D eigenvalue weighted by molar-refractivity contribution is 7.94. The standard InChI is InChI=1S/C10H16O4S/c1-14-10(11)7-8-15(12,13)9-5-3-2-4-6-9/h7-9H,2-6H2,1H3/b8-7+. The monoisotopic (exact) mass is 232 g/mol. The average molecular weight is 232 g/mol. The Balaban J connectivity index is 2.65. The molecular weight excluding hydrogens is 216 g/mol. The molecule has 0 atom stereocenters. The van der Waals surface area contributed by atoms with E-state index >= 15 is 0 Å². The van der Waals surface area contributed by atoms with Crippen molar-refractivity contribution in [2.75, 3.05) is 7.11 Å². The Morgan fingerprint density at radius 2 is 1.87 bits per heavy atom. The molecule has 5 heteroatoms. The third kappa shape index (κ3) is 3.66. The van der Waals surface area contributed by atoms with Crippen LogP contribution >= 0.6 is 0 Å². The summed E-state index contributed by atoms with van der Waals surface area (Å²) >= 11 is 0. The first-order valence-corrected chi connectivity index (χ1v) is 6.67. The van der Waals surface area contributed by atoms with Crippen LogP contribution in [0.1, 0.15) is 32.1 Å². The number of methoxy groups -OCH3 is 1. The highest BCUT2D eigenvalue weighted by Crippen LogP contribution is 2.24. The zero-order chi connectivity index (χ0) is 11.3. The van der Waals surface area contributed by atoms with Crippen molar-refractivity contribution >= 4 is 15.8 Å². The van der Waals surface area contributed by atoms with E-state index in [0.717, 1.165) is 30.7 Å². The van der Waals surface area contributed by atoms with Crippen molar-refractivity contribution in [2.24, 2.45) is 0 Å². The molecule has 0 N–H and O–H groups in total. The van der Waals surface area contributed by atoms with Crippen LogP contribution in [-0.2, 0) is 19.4 Å². The van der Waals surface area contributed by atoms with Crippen molar-refractivity contribution in [2.45, 2.75) is 37.4 Å². The normalized spacial score (nSPS) is 19.3. The van der Waals surface area contributed by atoms with Crippen LogP contribution in [0.2, 0.25) is 0 Å². The second-order valence-electron chi connectivity index (χ2n) is 3.67. The zero-order valence-electron chi connectivity index (χ0n) is 8.81. The second kappa shape index (κ2) is 5.30.